The third-order valence-electron chi connectivity index (χ3n) is 3.92. The fraction of sp³-hybridized carbons (Fsp3) is 0.611. The molecule has 0 saturated carbocycles. The summed E-state index contributed by atoms with van der Waals surface area (Å²) in [7, 11) is 0. The summed E-state index contributed by atoms with van der Waals surface area (Å²) in [6, 6.07) is 3.24. The van der Waals surface area contributed by atoms with E-state index in [0.717, 1.165) is 0 Å². The molecule has 0 spiro atoms. The van der Waals surface area contributed by atoms with Gasteiger partial charge in [-0.2, -0.15) is 0 Å². The highest BCUT2D eigenvalue weighted by atomic mass is 19.1. The molecular weight excluding hydrogens is 341 g/mol. The lowest BCUT2D eigenvalue weighted by atomic mass is 10.0. The Hall–Kier alpha value is -1.90. The lowest BCUT2D eigenvalue weighted by Crippen LogP contribution is -2.37. The molecule has 1 aliphatic heterocycles. The minimum atomic E-state index is -0.913. The number of nitrogens with one attached hydrogen (secondary N) is 1. The molecule has 7 nitrogen and oxygen atoms in total. The molecule has 1 amide bonds. The Bertz CT molecular complexity index is 628. The van der Waals surface area contributed by atoms with Gasteiger partial charge in [0.05, 0.1) is 30.7 Å². The monoisotopic (exact) mass is 369 g/mol. The second-order valence-electron chi connectivity index (χ2n) is 7.24. The van der Waals surface area contributed by atoms with E-state index in [1.807, 2.05) is 4.90 Å². The van der Waals surface area contributed by atoms with Gasteiger partial charge in [0, 0.05) is 31.6 Å². The molecule has 0 aliphatic carbocycles. The van der Waals surface area contributed by atoms with Crippen LogP contribution in [0.4, 0.5) is 20.6 Å². The molecule has 2 rings (SSSR count). The summed E-state index contributed by atoms with van der Waals surface area (Å²) in [5.41, 5.74) is 5.69. The summed E-state index contributed by atoms with van der Waals surface area (Å²) in [6.45, 7) is 7.43. The number of amides is 1. The number of nitrogens with two attached hydrogens (primary N) is 1. The normalized spacial score (nSPS) is 16.3. The molecule has 1 atom stereocenters. The number of nitrogens with zero attached hydrogens (tertiary/aromatic N) is 1. The van der Waals surface area contributed by atoms with E-state index in [-0.39, 0.29) is 24.2 Å². The number of rotatable bonds is 5. The number of aliphatic hydroxyl groups excluding tert-OH is 1. The van der Waals surface area contributed by atoms with Crippen molar-refractivity contribution < 1.29 is 23.8 Å². The average Bonchev–Trinajstić information content (AvgIpc) is 2.57. The fourth-order valence-corrected chi connectivity index (χ4v) is 2.71. The van der Waals surface area contributed by atoms with E-state index < -0.39 is 23.6 Å². The molecule has 4 N–H and O–H groups in total. The van der Waals surface area contributed by atoms with Crippen molar-refractivity contribution in [1.29, 1.82) is 0 Å². The molecule has 8 heteroatoms. The van der Waals surface area contributed by atoms with Crippen LogP contribution in [0.2, 0.25) is 0 Å². The lowest BCUT2D eigenvalue weighted by Gasteiger charge is -2.30. The number of hydrogen-bond donors (Lipinski definition) is 3. The molecule has 1 aliphatic rings. The van der Waals surface area contributed by atoms with Gasteiger partial charge in [-0.25, -0.2) is 9.18 Å². The van der Waals surface area contributed by atoms with E-state index in [1.54, 1.807) is 32.9 Å². The predicted octanol–water partition coefficient (Wildman–Crippen LogP) is 1.87. The second-order valence-corrected chi connectivity index (χ2v) is 7.24. The van der Waals surface area contributed by atoms with Crippen molar-refractivity contribution >= 4 is 17.5 Å². The van der Waals surface area contributed by atoms with Crippen LogP contribution in [0, 0.1) is 5.82 Å². The van der Waals surface area contributed by atoms with E-state index in [1.165, 1.54) is 0 Å². The molecule has 1 aromatic carbocycles. The maximum atomic E-state index is 15.2. The Morgan fingerprint density at radius 2 is 2.08 bits per heavy atom. The van der Waals surface area contributed by atoms with Crippen LogP contribution in [-0.2, 0) is 15.9 Å². The predicted molar refractivity (Wildman–Crippen MR) is 98.1 cm³/mol. The number of carbonyl (C=O) groups excluding carboxylic acids is 1. The van der Waals surface area contributed by atoms with Crippen LogP contribution >= 0.6 is 0 Å². The first kappa shape index (κ1) is 20.4. The maximum absolute atomic E-state index is 15.2. The summed E-state index contributed by atoms with van der Waals surface area (Å²) in [5.74, 6) is -0.479. The smallest absolute Gasteiger partial charge is 0.412 e. The maximum Gasteiger partial charge on any atom is 0.412 e. The van der Waals surface area contributed by atoms with Gasteiger partial charge in [0.2, 0.25) is 0 Å². The number of halogens is 1. The summed E-state index contributed by atoms with van der Waals surface area (Å²) in [6.07, 6.45) is -1.60. The van der Waals surface area contributed by atoms with Crippen LogP contribution in [0.15, 0.2) is 12.1 Å². The van der Waals surface area contributed by atoms with E-state index in [0.29, 0.717) is 32.0 Å². The minimum absolute atomic E-state index is 0.00685. The van der Waals surface area contributed by atoms with Crippen molar-refractivity contribution in [2.75, 3.05) is 43.1 Å². The summed E-state index contributed by atoms with van der Waals surface area (Å²) < 4.78 is 25.7. The van der Waals surface area contributed by atoms with Crippen LogP contribution in [-0.4, -0.2) is 55.8 Å². The number of carbonyl (C=O) groups is 1. The van der Waals surface area contributed by atoms with E-state index >= 15 is 4.39 Å². The molecule has 0 radical (unpaired) electrons. The highest BCUT2D eigenvalue weighted by molar-refractivity contribution is 5.86. The van der Waals surface area contributed by atoms with Crippen molar-refractivity contribution in [2.45, 2.75) is 38.9 Å². The highest BCUT2D eigenvalue weighted by Crippen LogP contribution is 2.30. The second kappa shape index (κ2) is 8.66. The first-order chi connectivity index (χ1) is 12.2. The van der Waals surface area contributed by atoms with Gasteiger partial charge in [0.1, 0.15) is 5.60 Å². The van der Waals surface area contributed by atoms with Crippen LogP contribution in [0.5, 0.6) is 0 Å². The number of hydrogen-bond acceptors (Lipinski definition) is 6. The van der Waals surface area contributed by atoms with E-state index in [9.17, 15) is 9.90 Å². The number of ether oxygens (including phenoxy) is 2. The SMILES string of the molecule is CC(C)(C)OC(=O)Nc1ccc(N2CCOCC2)c(F)c1CC(O)CN. The molecule has 1 unspecified atom stereocenters. The van der Waals surface area contributed by atoms with E-state index in [2.05, 4.69) is 5.32 Å². The Balaban J connectivity index is 2.31. The zero-order valence-electron chi connectivity index (χ0n) is 15.5. The van der Waals surface area contributed by atoms with Crippen molar-refractivity contribution in [3.05, 3.63) is 23.5 Å². The van der Waals surface area contributed by atoms with Gasteiger partial charge in [-0.15, -0.1) is 0 Å². The average molecular weight is 369 g/mol. The van der Waals surface area contributed by atoms with Crippen LogP contribution < -0.4 is 16.0 Å². The fourth-order valence-electron chi connectivity index (χ4n) is 2.71. The molecule has 146 valence electrons. The molecule has 26 heavy (non-hydrogen) atoms. The van der Waals surface area contributed by atoms with Crippen molar-refractivity contribution in [1.82, 2.24) is 0 Å². The summed E-state index contributed by atoms with van der Waals surface area (Å²) >= 11 is 0. The molecule has 0 bridgehead atoms. The van der Waals surface area contributed by atoms with Gasteiger partial charge < -0.3 is 25.2 Å². The van der Waals surface area contributed by atoms with Crippen molar-refractivity contribution in [3.8, 4) is 0 Å². The molecule has 1 aromatic rings. The molecule has 1 fully saturated rings. The molecule has 0 aromatic heterocycles. The molecule has 1 heterocycles. The first-order valence-corrected chi connectivity index (χ1v) is 8.73. The standard InChI is InChI=1S/C18H28FN3O4/c1-18(2,3)26-17(24)21-14-4-5-15(22-6-8-25-9-7-22)16(19)13(14)10-12(23)11-20/h4-5,12,23H,6-11,20H2,1-3H3,(H,21,24). The lowest BCUT2D eigenvalue weighted by molar-refractivity contribution is 0.0635. The van der Waals surface area contributed by atoms with Crippen molar-refractivity contribution in [2.24, 2.45) is 5.73 Å². The van der Waals surface area contributed by atoms with Gasteiger partial charge in [0.15, 0.2) is 5.82 Å². The highest BCUT2D eigenvalue weighted by Gasteiger charge is 2.23. The minimum Gasteiger partial charge on any atom is -0.444 e. The van der Waals surface area contributed by atoms with E-state index in [4.69, 9.17) is 15.2 Å². The third kappa shape index (κ3) is 5.55. The quantitative estimate of drug-likeness (QED) is 0.733. The van der Waals surface area contributed by atoms with Gasteiger partial charge >= 0.3 is 6.09 Å². The Morgan fingerprint density at radius 1 is 1.42 bits per heavy atom. The Morgan fingerprint density at radius 3 is 2.65 bits per heavy atom. The topological polar surface area (TPSA) is 97.0 Å². The molecular formula is C18H28FN3O4. The zero-order chi connectivity index (χ0) is 19.3. The largest absolute Gasteiger partial charge is 0.444 e. The van der Waals surface area contributed by atoms with Gasteiger partial charge in [-0.1, -0.05) is 0 Å². The number of aliphatic hydroxyl groups is 1. The first-order valence-electron chi connectivity index (χ1n) is 8.73. The van der Waals surface area contributed by atoms with Gasteiger partial charge in [-0.05, 0) is 32.9 Å². The van der Waals surface area contributed by atoms with Crippen LogP contribution in [0.25, 0.3) is 0 Å². The number of anilines is 2. The third-order valence-corrected chi connectivity index (χ3v) is 3.92. The van der Waals surface area contributed by atoms with Crippen molar-refractivity contribution in [3.63, 3.8) is 0 Å². The summed E-state index contributed by atoms with van der Waals surface area (Å²) in [4.78, 5) is 13.9. The zero-order valence-corrected chi connectivity index (χ0v) is 15.5. The Kier molecular flexibility index (Phi) is 6.80. The van der Waals surface area contributed by atoms with Crippen LogP contribution in [0.1, 0.15) is 26.3 Å². The van der Waals surface area contributed by atoms with Gasteiger partial charge in [-0.3, -0.25) is 5.32 Å². The molecule has 1 saturated heterocycles. The summed E-state index contributed by atoms with van der Waals surface area (Å²) in [5, 5.41) is 12.5. The van der Waals surface area contributed by atoms with Gasteiger partial charge in [0.25, 0.3) is 0 Å². The Labute approximate surface area is 153 Å². The number of morpholine rings is 1. The number of benzene rings is 1. The van der Waals surface area contributed by atoms with Crippen LogP contribution in [0.3, 0.4) is 0 Å².